The second-order valence-corrected chi connectivity index (χ2v) is 5.19. The number of hydrogen-bond donors (Lipinski definition) is 1. The van der Waals surface area contributed by atoms with Crippen LogP contribution in [0.15, 0.2) is 24.5 Å². The molecular weight excluding hydrogens is 242 g/mol. The van der Waals surface area contributed by atoms with Crippen molar-refractivity contribution < 1.29 is 9.53 Å². The largest absolute Gasteiger partial charge is 0.373 e. The Morgan fingerprint density at radius 2 is 2.32 bits per heavy atom. The summed E-state index contributed by atoms with van der Waals surface area (Å²) in [6.45, 7) is 3.48. The van der Waals surface area contributed by atoms with Crippen LogP contribution in [0.4, 0.5) is 0 Å². The summed E-state index contributed by atoms with van der Waals surface area (Å²) in [5.74, 6) is -0.0606. The lowest BCUT2D eigenvalue weighted by Gasteiger charge is -2.35. The zero-order valence-corrected chi connectivity index (χ0v) is 10.9. The fraction of sp³-hybridized carbons (Fsp3) is 0.571. The van der Waals surface area contributed by atoms with Crippen molar-refractivity contribution in [3.8, 4) is 0 Å². The number of aromatic nitrogens is 1. The monoisotopic (exact) mass is 261 g/mol. The van der Waals surface area contributed by atoms with E-state index in [0.717, 1.165) is 13.2 Å². The van der Waals surface area contributed by atoms with Crippen molar-refractivity contribution in [1.82, 2.24) is 15.2 Å². The summed E-state index contributed by atoms with van der Waals surface area (Å²) in [6.07, 6.45) is 5.88. The number of ether oxygens (including phenoxy) is 1. The molecule has 2 fully saturated rings. The molecule has 2 aliphatic rings. The van der Waals surface area contributed by atoms with E-state index in [2.05, 4.69) is 15.2 Å². The Morgan fingerprint density at radius 3 is 3.16 bits per heavy atom. The number of nitrogens with zero attached hydrogens (tertiary/aromatic N) is 2. The summed E-state index contributed by atoms with van der Waals surface area (Å²) in [7, 11) is 0. The molecule has 0 saturated carbocycles. The van der Waals surface area contributed by atoms with Gasteiger partial charge in [0.15, 0.2) is 0 Å². The predicted octanol–water partition coefficient (Wildman–Crippen LogP) is 0.675. The minimum Gasteiger partial charge on any atom is -0.373 e. The summed E-state index contributed by atoms with van der Waals surface area (Å²) in [5.41, 5.74) is 0.643. The second-order valence-electron chi connectivity index (χ2n) is 5.19. The van der Waals surface area contributed by atoms with E-state index in [4.69, 9.17) is 4.74 Å². The summed E-state index contributed by atoms with van der Waals surface area (Å²) >= 11 is 0. The molecule has 5 nitrogen and oxygen atoms in total. The predicted molar refractivity (Wildman–Crippen MR) is 70.9 cm³/mol. The Kier molecular flexibility index (Phi) is 3.75. The summed E-state index contributed by atoms with van der Waals surface area (Å²) < 4.78 is 5.81. The molecule has 0 spiro atoms. The maximum atomic E-state index is 11.9. The Hall–Kier alpha value is -1.46. The van der Waals surface area contributed by atoms with Crippen LogP contribution in [0.5, 0.6) is 0 Å². The van der Waals surface area contributed by atoms with E-state index < -0.39 is 0 Å². The Balaban J connectivity index is 1.49. The molecule has 0 bridgehead atoms. The lowest BCUT2D eigenvalue weighted by molar-refractivity contribution is -0.0461. The van der Waals surface area contributed by atoms with Crippen LogP contribution in [-0.2, 0) is 4.74 Å². The quantitative estimate of drug-likeness (QED) is 0.869. The average Bonchev–Trinajstić information content (AvgIpc) is 2.93. The molecule has 102 valence electrons. The number of nitrogens with one attached hydrogen (secondary N) is 1. The first-order valence-corrected chi connectivity index (χ1v) is 6.87. The van der Waals surface area contributed by atoms with Gasteiger partial charge in [-0.15, -0.1) is 0 Å². The number of fused-ring (bicyclic) bond motifs is 1. The molecule has 2 saturated heterocycles. The van der Waals surface area contributed by atoms with Crippen LogP contribution < -0.4 is 5.32 Å². The summed E-state index contributed by atoms with van der Waals surface area (Å²) in [6, 6.07) is 4.04. The van der Waals surface area contributed by atoms with Gasteiger partial charge < -0.3 is 10.1 Å². The Labute approximate surface area is 113 Å². The third-order valence-electron chi connectivity index (χ3n) is 3.89. The molecule has 1 aromatic heterocycles. The van der Waals surface area contributed by atoms with Crippen molar-refractivity contribution in [3.05, 3.63) is 30.1 Å². The van der Waals surface area contributed by atoms with Crippen LogP contribution in [0.1, 0.15) is 23.2 Å². The van der Waals surface area contributed by atoms with Crippen LogP contribution in [-0.4, -0.2) is 54.2 Å². The van der Waals surface area contributed by atoms with Gasteiger partial charge in [-0.2, -0.15) is 0 Å². The molecule has 5 heteroatoms. The average molecular weight is 261 g/mol. The van der Waals surface area contributed by atoms with Gasteiger partial charge in [0.1, 0.15) is 0 Å². The molecule has 2 atom stereocenters. The molecule has 19 heavy (non-hydrogen) atoms. The van der Waals surface area contributed by atoms with E-state index in [1.54, 1.807) is 24.5 Å². The highest BCUT2D eigenvalue weighted by Crippen LogP contribution is 2.22. The van der Waals surface area contributed by atoms with Crippen molar-refractivity contribution in [2.75, 3.05) is 26.2 Å². The molecule has 2 unspecified atom stereocenters. The Bertz CT molecular complexity index is 438. The van der Waals surface area contributed by atoms with E-state index in [-0.39, 0.29) is 12.0 Å². The molecule has 1 aromatic rings. The van der Waals surface area contributed by atoms with Crippen molar-refractivity contribution in [2.24, 2.45) is 0 Å². The fourth-order valence-electron chi connectivity index (χ4n) is 2.82. The van der Waals surface area contributed by atoms with Crippen molar-refractivity contribution in [1.29, 1.82) is 0 Å². The highest BCUT2D eigenvalue weighted by atomic mass is 16.5. The van der Waals surface area contributed by atoms with Crippen LogP contribution in [0.3, 0.4) is 0 Å². The van der Waals surface area contributed by atoms with E-state index >= 15 is 0 Å². The molecule has 0 aliphatic carbocycles. The smallest absolute Gasteiger partial charge is 0.251 e. The molecule has 1 N–H and O–H groups in total. The summed E-state index contributed by atoms with van der Waals surface area (Å²) in [4.78, 5) is 18.3. The van der Waals surface area contributed by atoms with Crippen LogP contribution in [0.2, 0.25) is 0 Å². The zero-order valence-electron chi connectivity index (χ0n) is 10.9. The molecule has 2 aliphatic heterocycles. The van der Waals surface area contributed by atoms with Crippen molar-refractivity contribution in [3.63, 3.8) is 0 Å². The van der Waals surface area contributed by atoms with Gasteiger partial charge in [-0.3, -0.25) is 14.7 Å². The van der Waals surface area contributed by atoms with Crippen LogP contribution in [0.25, 0.3) is 0 Å². The first kappa shape index (κ1) is 12.6. The van der Waals surface area contributed by atoms with Gasteiger partial charge in [0.2, 0.25) is 0 Å². The third kappa shape index (κ3) is 2.93. The maximum absolute atomic E-state index is 11.9. The first-order chi connectivity index (χ1) is 9.33. The number of rotatable bonds is 3. The lowest BCUT2D eigenvalue weighted by Crippen LogP contribution is -2.50. The van der Waals surface area contributed by atoms with E-state index in [9.17, 15) is 4.79 Å². The topological polar surface area (TPSA) is 54.5 Å². The fourth-order valence-corrected chi connectivity index (χ4v) is 2.82. The van der Waals surface area contributed by atoms with Crippen molar-refractivity contribution in [2.45, 2.75) is 25.0 Å². The van der Waals surface area contributed by atoms with E-state index in [0.29, 0.717) is 18.2 Å². The van der Waals surface area contributed by atoms with Gasteiger partial charge in [0.25, 0.3) is 5.91 Å². The molecule has 1 amide bonds. The first-order valence-electron chi connectivity index (χ1n) is 6.87. The van der Waals surface area contributed by atoms with E-state index in [1.807, 2.05) is 0 Å². The van der Waals surface area contributed by atoms with Crippen molar-refractivity contribution >= 4 is 5.91 Å². The zero-order chi connectivity index (χ0) is 13.1. The van der Waals surface area contributed by atoms with E-state index in [1.165, 1.54) is 19.4 Å². The maximum Gasteiger partial charge on any atom is 0.251 e. The van der Waals surface area contributed by atoms with Gasteiger partial charge in [-0.25, -0.2) is 0 Å². The molecule has 3 heterocycles. The van der Waals surface area contributed by atoms with Crippen LogP contribution >= 0.6 is 0 Å². The van der Waals surface area contributed by atoms with Gasteiger partial charge >= 0.3 is 0 Å². The van der Waals surface area contributed by atoms with Gasteiger partial charge in [-0.05, 0) is 31.5 Å². The van der Waals surface area contributed by atoms with Crippen LogP contribution in [0, 0.1) is 0 Å². The van der Waals surface area contributed by atoms with Gasteiger partial charge in [-0.1, -0.05) is 0 Å². The molecule has 3 rings (SSSR count). The number of morpholine rings is 1. The second kappa shape index (κ2) is 5.67. The minimum atomic E-state index is -0.0606. The third-order valence-corrected chi connectivity index (χ3v) is 3.89. The molecule has 0 radical (unpaired) electrons. The SMILES string of the molecule is O=C(NCC1CN2CCCC2CO1)c1ccncc1. The highest BCUT2D eigenvalue weighted by Gasteiger charge is 2.32. The standard InChI is InChI=1S/C14H19N3O2/c18-14(11-3-5-15-6-4-11)16-8-13-9-17-7-1-2-12(17)10-19-13/h3-6,12-13H,1-2,7-10H2,(H,16,18). The number of amides is 1. The molecular formula is C14H19N3O2. The molecule has 0 aromatic carbocycles. The minimum absolute atomic E-state index is 0.0606. The normalized spacial score (nSPS) is 26.9. The number of pyridine rings is 1. The number of hydrogen-bond acceptors (Lipinski definition) is 4. The number of carbonyl (C=O) groups is 1. The van der Waals surface area contributed by atoms with Gasteiger partial charge in [0, 0.05) is 37.1 Å². The lowest BCUT2D eigenvalue weighted by atomic mass is 10.2. The Morgan fingerprint density at radius 1 is 1.47 bits per heavy atom. The number of carbonyl (C=O) groups excluding carboxylic acids is 1. The van der Waals surface area contributed by atoms with Gasteiger partial charge in [0.05, 0.1) is 12.7 Å². The highest BCUT2D eigenvalue weighted by molar-refractivity contribution is 5.93. The summed E-state index contributed by atoms with van der Waals surface area (Å²) in [5, 5.41) is 2.93.